The minimum Gasteiger partial charge on any atom is -0.303 e. The molecule has 0 saturated carbocycles. The van der Waals surface area contributed by atoms with Gasteiger partial charge in [-0.1, -0.05) is 19.9 Å². The maximum Gasteiger partial charge on any atom is 0.122 e. The minimum absolute atomic E-state index is 0.204. The average molecular weight is 140 g/mol. The quantitative estimate of drug-likeness (QED) is 0.423. The zero-order valence-electron chi connectivity index (χ0n) is 6.84. The molecular formula is C9H16O. The van der Waals surface area contributed by atoms with Gasteiger partial charge in [-0.25, -0.2) is 0 Å². The third-order valence-corrected chi connectivity index (χ3v) is 1.58. The van der Waals surface area contributed by atoms with E-state index in [9.17, 15) is 4.79 Å². The Kier molecular flexibility index (Phi) is 4.91. The molecule has 0 aromatic carbocycles. The van der Waals surface area contributed by atoms with Crippen LogP contribution in [0.25, 0.3) is 0 Å². The molecule has 0 fully saturated rings. The summed E-state index contributed by atoms with van der Waals surface area (Å²) >= 11 is 0. The zero-order valence-corrected chi connectivity index (χ0v) is 6.84. The normalized spacial score (nSPS) is 15.8. The smallest absolute Gasteiger partial charge is 0.122 e. The lowest BCUT2D eigenvalue weighted by atomic mass is 9.96. The second-order valence-electron chi connectivity index (χ2n) is 2.98. The Labute approximate surface area is 63.1 Å². The lowest BCUT2D eigenvalue weighted by Gasteiger charge is -2.09. The van der Waals surface area contributed by atoms with Crippen molar-refractivity contribution in [2.45, 2.75) is 26.7 Å². The molecule has 0 rings (SSSR count). The predicted molar refractivity (Wildman–Crippen MR) is 43.8 cm³/mol. The highest BCUT2D eigenvalue weighted by Crippen LogP contribution is 2.13. The van der Waals surface area contributed by atoms with Crippen molar-refractivity contribution in [3.05, 3.63) is 12.7 Å². The van der Waals surface area contributed by atoms with Crippen molar-refractivity contribution < 1.29 is 4.79 Å². The second kappa shape index (κ2) is 5.21. The summed E-state index contributed by atoms with van der Waals surface area (Å²) in [6.45, 7) is 7.74. The average Bonchev–Trinajstić information content (AvgIpc) is 1.88. The van der Waals surface area contributed by atoms with Crippen LogP contribution < -0.4 is 0 Å². The van der Waals surface area contributed by atoms with E-state index in [0.29, 0.717) is 5.92 Å². The molecule has 0 N–H and O–H groups in total. The van der Waals surface area contributed by atoms with E-state index in [1.54, 1.807) is 0 Å². The summed E-state index contributed by atoms with van der Waals surface area (Å²) in [5.41, 5.74) is 0. The van der Waals surface area contributed by atoms with Crippen molar-refractivity contribution in [2.75, 3.05) is 0 Å². The van der Waals surface area contributed by atoms with Crippen LogP contribution in [-0.4, -0.2) is 6.29 Å². The molecule has 0 bridgehead atoms. The number of hydrogen-bond acceptors (Lipinski definition) is 1. The van der Waals surface area contributed by atoms with E-state index in [4.69, 9.17) is 0 Å². The number of hydrogen-bond donors (Lipinski definition) is 0. The molecule has 0 aliphatic rings. The molecule has 0 spiro atoms. The van der Waals surface area contributed by atoms with Crippen LogP contribution in [0.1, 0.15) is 26.7 Å². The standard InChI is InChI=1S/C9H16O/c1-4-5-8(2)6-9(3)7-10/h4,7-9H,1,5-6H2,2-3H3. The van der Waals surface area contributed by atoms with E-state index in [2.05, 4.69) is 13.5 Å². The molecule has 0 aromatic rings. The van der Waals surface area contributed by atoms with Gasteiger partial charge in [0.15, 0.2) is 0 Å². The van der Waals surface area contributed by atoms with E-state index < -0.39 is 0 Å². The van der Waals surface area contributed by atoms with E-state index >= 15 is 0 Å². The lowest BCUT2D eigenvalue weighted by Crippen LogP contribution is -2.02. The molecule has 0 aliphatic carbocycles. The van der Waals surface area contributed by atoms with Crippen LogP contribution in [0.5, 0.6) is 0 Å². The third-order valence-electron chi connectivity index (χ3n) is 1.58. The Morgan fingerprint density at radius 2 is 2.10 bits per heavy atom. The number of carbonyl (C=O) groups excluding carboxylic acids is 1. The Hall–Kier alpha value is -0.590. The summed E-state index contributed by atoms with van der Waals surface area (Å²) in [5, 5.41) is 0. The van der Waals surface area contributed by atoms with Crippen LogP contribution >= 0.6 is 0 Å². The largest absolute Gasteiger partial charge is 0.303 e. The first kappa shape index (κ1) is 9.41. The number of aldehydes is 1. The van der Waals surface area contributed by atoms with Gasteiger partial charge in [-0.3, -0.25) is 0 Å². The van der Waals surface area contributed by atoms with Crippen molar-refractivity contribution in [2.24, 2.45) is 11.8 Å². The van der Waals surface area contributed by atoms with Crippen LogP contribution in [0.3, 0.4) is 0 Å². The summed E-state index contributed by atoms with van der Waals surface area (Å²) in [4.78, 5) is 10.2. The Bertz CT molecular complexity index is 107. The van der Waals surface area contributed by atoms with Crippen molar-refractivity contribution in [3.8, 4) is 0 Å². The molecule has 10 heavy (non-hydrogen) atoms. The highest BCUT2D eigenvalue weighted by molar-refractivity contribution is 5.52. The SMILES string of the molecule is C=CCC(C)CC(C)C=O. The van der Waals surface area contributed by atoms with Gasteiger partial charge in [0.2, 0.25) is 0 Å². The van der Waals surface area contributed by atoms with Gasteiger partial charge in [0, 0.05) is 5.92 Å². The van der Waals surface area contributed by atoms with E-state index in [-0.39, 0.29) is 5.92 Å². The van der Waals surface area contributed by atoms with Gasteiger partial charge < -0.3 is 4.79 Å². The molecule has 0 saturated heterocycles. The highest BCUT2D eigenvalue weighted by atomic mass is 16.1. The first-order valence-corrected chi connectivity index (χ1v) is 3.76. The van der Waals surface area contributed by atoms with Crippen LogP contribution in [0.2, 0.25) is 0 Å². The molecule has 0 heterocycles. The van der Waals surface area contributed by atoms with Crippen molar-refractivity contribution >= 4 is 6.29 Å². The fourth-order valence-corrected chi connectivity index (χ4v) is 1.07. The molecule has 1 heteroatoms. The molecular weight excluding hydrogens is 124 g/mol. The van der Waals surface area contributed by atoms with Crippen molar-refractivity contribution in [1.82, 2.24) is 0 Å². The van der Waals surface area contributed by atoms with Crippen LogP contribution in [0.4, 0.5) is 0 Å². The van der Waals surface area contributed by atoms with Gasteiger partial charge in [-0.15, -0.1) is 6.58 Å². The molecule has 0 aromatic heterocycles. The maximum absolute atomic E-state index is 10.2. The van der Waals surface area contributed by atoms with Gasteiger partial charge >= 0.3 is 0 Å². The fraction of sp³-hybridized carbons (Fsp3) is 0.667. The van der Waals surface area contributed by atoms with E-state index in [1.807, 2.05) is 13.0 Å². The second-order valence-corrected chi connectivity index (χ2v) is 2.98. The van der Waals surface area contributed by atoms with Crippen LogP contribution in [0.15, 0.2) is 12.7 Å². The predicted octanol–water partition coefficient (Wildman–Crippen LogP) is 2.42. The van der Waals surface area contributed by atoms with E-state index in [1.165, 1.54) is 0 Å². The molecule has 0 amide bonds. The molecule has 0 aliphatic heterocycles. The Morgan fingerprint density at radius 1 is 1.50 bits per heavy atom. The lowest BCUT2D eigenvalue weighted by molar-refractivity contribution is -0.111. The molecule has 1 nitrogen and oxygen atoms in total. The van der Waals surface area contributed by atoms with Crippen LogP contribution in [-0.2, 0) is 4.79 Å². The summed E-state index contributed by atoms with van der Waals surface area (Å²) in [5.74, 6) is 0.799. The van der Waals surface area contributed by atoms with Gasteiger partial charge in [-0.05, 0) is 18.8 Å². The molecule has 58 valence electrons. The summed E-state index contributed by atoms with van der Waals surface area (Å²) in [7, 11) is 0. The zero-order chi connectivity index (χ0) is 7.98. The van der Waals surface area contributed by atoms with E-state index in [0.717, 1.165) is 19.1 Å². The van der Waals surface area contributed by atoms with Crippen LogP contribution in [0, 0.1) is 11.8 Å². The summed E-state index contributed by atoms with van der Waals surface area (Å²) in [6, 6.07) is 0. The monoisotopic (exact) mass is 140 g/mol. The maximum atomic E-state index is 10.2. The first-order chi connectivity index (χ1) is 4.70. The van der Waals surface area contributed by atoms with Crippen molar-refractivity contribution in [1.29, 1.82) is 0 Å². The fourth-order valence-electron chi connectivity index (χ4n) is 1.07. The number of carbonyl (C=O) groups is 1. The Balaban J connectivity index is 3.45. The van der Waals surface area contributed by atoms with Gasteiger partial charge in [0.05, 0.1) is 0 Å². The minimum atomic E-state index is 0.204. The Morgan fingerprint density at radius 3 is 2.50 bits per heavy atom. The summed E-state index contributed by atoms with van der Waals surface area (Å²) < 4.78 is 0. The highest BCUT2D eigenvalue weighted by Gasteiger charge is 2.04. The third kappa shape index (κ3) is 4.30. The first-order valence-electron chi connectivity index (χ1n) is 3.76. The number of rotatable bonds is 5. The molecule has 2 atom stereocenters. The van der Waals surface area contributed by atoms with Gasteiger partial charge in [0.1, 0.15) is 6.29 Å². The molecule has 0 radical (unpaired) electrons. The number of allylic oxidation sites excluding steroid dienone is 1. The van der Waals surface area contributed by atoms with Gasteiger partial charge in [-0.2, -0.15) is 0 Å². The molecule has 2 unspecified atom stereocenters. The van der Waals surface area contributed by atoms with Gasteiger partial charge in [0.25, 0.3) is 0 Å². The topological polar surface area (TPSA) is 17.1 Å². The van der Waals surface area contributed by atoms with Crippen molar-refractivity contribution in [3.63, 3.8) is 0 Å². The summed E-state index contributed by atoms with van der Waals surface area (Å²) in [6.07, 6.45) is 4.91.